The van der Waals surface area contributed by atoms with Gasteiger partial charge >= 0.3 is 0 Å². The van der Waals surface area contributed by atoms with E-state index in [0.29, 0.717) is 0 Å². The minimum atomic E-state index is -0.203. The molecule has 0 saturated heterocycles. The average molecular weight is 323 g/mol. The summed E-state index contributed by atoms with van der Waals surface area (Å²) in [6.45, 7) is 1.88. The summed E-state index contributed by atoms with van der Waals surface area (Å²) in [6, 6.07) is 4.84. The van der Waals surface area contributed by atoms with E-state index in [0.717, 1.165) is 41.8 Å². The Kier molecular flexibility index (Phi) is 7.09. The van der Waals surface area contributed by atoms with E-state index >= 15 is 0 Å². The van der Waals surface area contributed by atoms with Crippen molar-refractivity contribution in [2.75, 3.05) is 19.5 Å². The fourth-order valence-corrected chi connectivity index (χ4v) is 2.34. The summed E-state index contributed by atoms with van der Waals surface area (Å²) in [5.74, 6) is 0.540. The second-order valence-corrected chi connectivity index (χ2v) is 5.46. The maximum atomic E-state index is 12.9. The van der Waals surface area contributed by atoms with Crippen LogP contribution in [-0.4, -0.2) is 24.4 Å². The van der Waals surface area contributed by atoms with Crippen molar-refractivity contribution in [2.45, 2.75) is 25.8 Å². The Hall–Kier alpha value is -0.120. The number of nitrogens with zero attached hydrogens (tertiary/aromatic N) is 1. The molecule has 1 aromatic carbocycles. The molecule has 4 heteroatoms. The van der Waals surface area contributed by atoms with Crippen molar-refractivity contribution in [3.63, 3.8) is 0 Å². The van der Waals surface area contributed by atoms with Crippen LogP contribution in [0.25, 0.3) is 0 Å². The predicted molar refractivity (Wildman–Crippen MR) is 75.0 cm³/mol. The average Bonchev–Trinajstić information content (AvgIpc) is 2.28. The van der Waals surface area contributed by atoms with Gasteiger partial charge in [0.2, 0.25) is 0 Å². The number of halogens is 3. The van der Waals surface area contributed by atoms with Gasteiger partial charge in [0.15, 0.2) is 0 Å². The number of benzene rings is 1. The minimum absolute atomic E-state index is 0.203. The van der Waals surface area contributed by atoms with E-state index in [-0.39, 0.29) is 5.82 Å². The van der Waals surface area contributed by atoms with E-state index in [9.17, 15) is 4.39 Å². The molecular formula is C13H18BrClFN. The number of hydrogen-bond donors (Lipinski definition) is 0. The standard InChI is InChI=1S/C13H18BrClFN/c1-17(8-4-2-3-7-15)10-11-5-6-12(16)9-13(11)14/h5-6,9H,2-4,7-8,10H2,1H3. The Morgan fingerprint density at radius 3 is 2.71 bits per heavy atom. The Balaban J connectivity index is 2.37. The Labute approximate surface area is 116 Å². The zero-order valence-electron chi connectivity index (χ0n) is 10.1. The van der Waals surface area contributed by atoms with Crippen molar-refractivity contribution in [1.29, 1.82) is 0 Å². The van der Waals surface area contributed by atoms with E-state index < -0.39 is 0 Å². The summed E-state index contributed by atoms with van der Waals surface area (Å²) in [6.07, 6.45) is 3.40. The first-order chi connectivity index (χ1) is 8.13. The van der Waals surface area contributed by atoms with Crippen LogP contribution in [0.3, 0.4) is 0 Å². The van der Waals surface area contributed by atoms with E-state index in [1.165, 1.54) is 18.6 Å². The first-order valence-electron chi connectivity index (χ1n) is 5.82. The topological polar surface area (TPSA) is 3.24 Å². The van der Waals surface area contributed by atoms with Gasteiger partial charge in [-0.05, 0) is 44.1 Å². The maximum absolute atomic E-state index is 12.9. The lowest BCUT2D eigenvalue weighted by molar-refractivity contribution is 0.317. The fourth-order valence-electron chi connectivity index (χ4n) is 1.67. The molecule has 0 spiro atoms. The largest absolute Gasteiger partial charge is 0.302 e. The molecule has 0 bridgehead atoms. The lowest BCUT2D eigenvalue weighted by atomic mass is 10.2. The molecule has 0 N–H and O–H groups in total. The monoisotopic (exact) mass is 321 g/mol. The molecule has 0 heterocycles. The van der Waals surface area contributed by atoms with Gasteiger partial charge in [-0.15, -0.1) is 11.6 Å². The van der Waals surface area contributed by atoms with Gasteiger partial charge in [0.25, 0.3) is 0 Å². The summed E-state index contributed by atoms with van der Waals surface area (Å²) in [5.41, 5.74) is 1.12. The molecule has 0 atom stereocenters. The third-order valence-electron chi connectivity index (χ3n) is 2.63. The summed E-state index contributed by atoms with van der Waals surface area (Å²) in [4.78, 5) is 2.24. The minimum Gasteiger partial charge on any atom is -0.302 e. The predicted octanol–water partition coefficient (Wildman–Crippen LogP) is 4.43. The molecule has 96 valence electrons. The number of unbranched alkanes of at least 4 members (excludes halogenated alkanes) is 2. The van der Waals surface area contributed by atoms with Crippen molar-refractivity contribution < 1.29 is 4.39 Å². The fraction of sp³-hybridized carbons (Fsp3) is 0.538. The van der Waals surface area contributed by atoms with Gasteiger partial charge in [-0.1, -0.05) is 28.4 Å². The molecular weight excluding hydrogens is 305 g/mol. The molecule has 0 aliphatic rings. The highest BCUT2D eigenvalue weighted by atomic mass is 79.9. The highest BCUT2D eigenvalue weighted by Gasteiger charge is 2.05. The highest BCUT2D eigenvalue weighted by Crippen LogP contribution is 2.19. The highest BCUT2D eigenvalue weighted by molar-refractivity contribution is 9.10. The van der Waals surface area contributed by atoms with Gasteiger partial charge in [0.05, 0.1) is 0 Å². The molecule has 17 heavy (non-hydrogen) atoms. The van der Waals surface area contributed by atoms with Crippen LogP contribution in [0.1, 0.15) is 24.8 Å². The summed E-state index contributed by atoms with van der Waals surface area (Å²) < 4.78 is 13.8. The zero-order chi connectivity index (χ0) is 12.7. The molecule has 0 radical (unpaired) electrons. The Bertz CT molecular complexity index is 346. The van der Waals surface area contributed by atoms with E-state index in [2.05, 4.69) is 27.9 Å². The Morgan fingerprint density at radius 1 is 1.29 bits per heavy atom. The summed E-state index contributed by atoms with van der Waals surface area (Å²) in [5, 5.41) is 0. The molecule has 1 rings (SSSR count). The molecule has 0 aliphatic carbocycles. The molecule has 1 nitrogen and oxygen atoms in total. The van der Waals surface area contributed by atoms with Gasteiger partial charge < -0.3 is 4.90 Å². The van der Waals surface area contributed by atoms with Gasteiger partial charge in [-0.3, -0.25) is 0 Å². The van der Waals surface area contributed by atoms with Gasteiger partial charge in [-0.25, -0.2) is 4.39 Å². The van der Waals surface area contributed by atoms with Crippen LogP contribution in [0.4, 0.5) is 4.39 Å². The lowest BCUT2D eigenvalue weighted by Gasteiger charge is -2.17. The van der Waals surface area contributed by atoms with Crippen molar-refractivity contribution in [3.8, 4) is 0 Å². The van der Waals surface area contributed by atoms with Crippen LogP contribution in [0, 0.1) is 5.82 Å². The third-order valence-corrected chi connectivity index (χ3v) is 3.63. The summed E-state index contributed by atoms with van der Waals surface area (Å²) >= 11 is 9.01. The van der Waals surface area contributed by atoms with Gasteiger partial charge in [0.1, 0.15) is 5.82 Å². The first kappa shape index (κ1) is 14.9. The van der Waals surface area contributed by atoms with Crippen molar-refractivity contribution in [2.24, 2.45) is 0 Å². The molecule has 0 amide bonds. The second kappa shape index (κ2) is 8.06. The quantitative estimate of drug-likeness (QED) is 0.530. The molecule has 1 aromatic rings. The lowest BCUT2D eigenvalue weighted by Crippen LogP contribution is -2.19. The van der Waals surface area contributed by atoms with E-state index in [1.54, 1.807) is 0 Å². The van der Waals surface area contributed by atoms with Crippen LogP contribution in [0.5, 0.6) is 0 Å². The maximum Gasteiger partial charge on any atom is 0.124 e. The number of rotatable bonds is 7. The van der Waals surface area contributed by atoms with Gasteiger partial charge in [-0.2, -0.15) is 0 Å². The number of hydrogen-bond acceptors (Lipinski definition) is 1. The SMILES string of the molecule is CN(CCCCCCl)Cc1ccc(F)cc1Br. The van der Waals surface area contributed by atoms with Crippen LogP contribution in [0.15, 0.2) is 22.7 Å². The number of alkyl halides is 1. The molecule has 0 unspecified atom stereocenters. The smallest absolute Gasteiger partial charge is 0.124 e. The van der Waals surface area contributed by atoms with E-state index in [4.69, 9.17) is 11.6 Å². The zero-order valence-corrected chi connectivity index (χ0v) is 12.4. The van der Waals surface area contributed by atoms with Crippen molar-refractivity contribution >= 4 is 27.5 Å². The molecule has 0 aliphatic heterocycles. The second-order valence-electron chi connectivity index (χ2n) is 4.22. The Morgan fingerprint density at radius 2 is 2.06 bits per heavy atom. The van der Waals surface area contributed by atoms with Crippen LogP contribution < -0.4 is 0 Å². The molecule has 0 saturated carbocycles. The molecule has 0 fully saturated rings. The molecule has 0 aromatic heterocycles. The van der Waals surface area contributed by atoms with Crippen LogP contribution in [0.2, 0.25) is 0 Å². The third kappa shape index (κ3) is 5.84. The van der Waals surface area contributed by atoms with Gasteiger partial charge in [0, 0.05) is 16.9 Å². The summed E-state index contributed by atoms with van der Waals surface area (Å²) in [7, 11) is 2.08. The van der Waals surface area contributed by atoms with Crippen LogP contribution >= 0.6 is 27.5 Å². The normalized spacial score (nSPS) is 11.1. The van der Waals surface area contributed by atoms with Crippen molar-refractivity contribution in [3.05, 3.63) is 34.1 Å². The van der Waals surface area contributed by atoms with Crippen LogP contribution in [-0.2, 0) is 6.54 Å². The van der Waals surface area contributed by atoms with E-state index in [1.807, 2.05) is 6.07 Å². The van der Waals surface area contributed by atoms with Crippen molar-refractivity contribution in [1.82, 2.24) is 4.90 Å². The first-order valence-corrected chi connectivity index (χ1v) is 7.14.